The number of carbonyl (C=O) groups is 1. The van der Waals surface area contributed by atoms with Gasteiger partial charge in [-0.15, -0.1) is 11.3 Å². The van der Waals surface area contributed by atoms with Crippen molar-refractivity contribution in [2.75, 3.05) is 0 Å². The summed E-state index contributed by atoms with van der Waals surface area (Å²) in [5.41, 5.74) is 2.01. The van der Waals surface area contributed by atoms with Gasteiger partial charge in [0.2, 0.25) is 0 Å². The molecule has 0 aliphatic heterocycles. The summed E-state index contributed by atoms with van der Waals surface area (Å²) in [6, 6.07) is 13.8. The van der Waals surface area contributed by atoms with E-state index in [1.54, 1.807) is 6.07 Å². The summed E-state index contributed by atoms with van der Waals surface area (Å²) < 4.78 is 0.786. The van der Waals surface area contributed by atoms with Crippen molar-refractivity contribution < 1.29 is 9.72 Å². The summed E-state index contributed by atoms with van der Waals surface area (Å²) in [4.78, 5) is 28.2. The molecule has 0 fully saturated rings. The van der Waals surface area contributed by atoms with E-state index in [9.17, 15) is 14.9 Å². The van der Waals surface area contributed by atoms with Crippen LogP contribution in [0.4, 0.5) is 5.69 Å². The van der Waals surface area contributed by atoms with Crippen LogP contribution in [0.2, 0.25) is 0 Å². The predicted molar refractivity (Wildman–Crippen MR) is 102 cm³/mol. The Morgan fingerprint density at radius 2 is 2.04 bits per heavy atom. The maximum Gasteiger partial charge on any atom is 0.270 e. The van der Waals surface area contributed by atoms with Gasteiger partial charge in [-0.2, -0.15) is 0 Å². The lowest BCUT2D eigenvalue weighted by Gasteiger charge is -2.09. The fourth-order valence-electron chi connectivity index (χ4n) is 2.24. The van der Waals surface area contributed by atoms with Crippen molar-refractivity contribution in [3.63, 3.8) is 0 Å². The van der Waals surface area contributed by atoms with Crippen molar-refractivity contribution in [2.24, 2.45) is 0 Å². The number of thiazole rings is 1. The molecule has 0 bridgehead atoms. The molecule has 0 aliphatic rings. The number of non-ortho nitro benzene ring substituents is 1. The molecule has 8 heteroatoms. The van der Waals surface area contributed by atoms with Crippen molar-refractivity contribution in [2.45, 2.75) is 22.7 Å². The monoisotopic (exact) mass is 385 g/mol. The molecule has 6 nitrogen and oxygen atoms in total. The van der Waals surface area contributed by atoms with Crippen molar-refractivity contribution in [3.05, 3.63) is 80.8 Å². The summed E-state index contributed by atoms with van der Waals surface area (Å²) >= 11 is 2.80. The van der Waals surface area contributed by atoms with Crippen molar-refractivity contribution in [1.29, 1.82) is 0 Å². The van der Waals surface area contributed by atoms with Crippen molar-refractivity contribution >= 4 is 34.7 Å². The molecule has 1 amide bonds. The van der Waals surface area contributed by atoms with E-state index in [0.29, 0.717) is 11.4 Å². The van der Waals surface area contributed by atoms with Crippen LogP contribution in [-0.2, 0) is 6.54 Å². The van der Waals surface area contributed by atoms with Gasteiger partial charge in [0.05, 0.1) is 10.5 Å². The van der Waals surface area contributed by atoms with E-state index in [1.165, 1.54) is 35.2 Å². The van der Waals surface area contributed by atoms with Crippen LogP contribution in [0.5, 0.6) is 0 Å². The van der Waals surface area contributed by atoms with Crippen LogP contribution in [0, 0.1) is 17.0 Å². The van der Waals surface area contributed by atoms with E-state index in [4.69, 9.17) is 0 Å². The average molecular weight is 385 g/mol. The van der Waals surface area contributed by atoms with Crippen LogP contribution in [0.3, 0.4) is 0 Å². The number of hydrogen-bond acceptors (Lipinski definition) is 6. The summed E-state index contributed by atoms with van der Waals surface area (Å²) in [5, 5.41) is 15.8. The molecule has 0 saturated heterocycles. The first-order valence-electron chi connectivity index (χ1n) is 7.73. The molecule has 0 aliphatic carbocycles. The van der Waals surface area contributed by atoms with Crippen LogP contribution in [0.25, 0.3) is 0 Å². The molecule has 132 valence electrons. The summed E-state index contributed by atoms with van der Waals surface area (Å²) in [6.07, 6.45) is 0. The SMILES string of the molecule is Cc1csc(Sc2ccc([N+](=O)[O-])cc2C(=O)NCc2ccccc2)n1. The van der Waals surface area contributed by atoms with Gasteiger partial charge in [-0.05, 0) is 18.6 Å². The lowest BCUT2D eigenvalue weighted by atomic mass is 10.1. The molecule has 0 unspecified atom stereocenters. The van der Waals surface area contributed by atoms with E-state index in [1.807, 2.05) is 42.6 Å². The van der Waals surface area contributed by atoms with Gasteiger partial charge in [0.15, 0.2) is 4.34 Å². The molecule has 2 aromatic carbocycles. The van der Waals surface area contributed by atoms with Gasteiger partial charge in [0.1, 0.15) is 0 Å². The third kappa shape index (κ3) is 4.47. The van der Waals surface area contributed by atoms with Crippen LogP contribution in [0.15, 0.2) is 63.1 Å². The van der Waals surface area contributed by atoms with E-state index < -0.39 is 4.92 Å². The van der Waals surface area contributed by atoms with E-state index in [2.05, 4.69) is 10.3 Å². The summed E-state index contributed by atoms with van der Waals surface area (Å²) in [6.45, 7) is 2.24. The highest BCUT2D eigenvalue weighted by molar-refractivity contribution is 8.01. The third-order valence-electron chi connectivity index (χ3n) is 3.51. The zero-order valence-corrected chi connectivity index (χ0v) is 15.5. The van der Waals surface area contributed by atoms with Gasteiger partial charge < -0.3 is 5.32 Å². The Hall–Kier alpha value is -2.71. The number of nitrogens with zero attached hydrogens (tertiary/aromatic N) is 2. The predicted octanol–water partition coefficient (Wildman–Crippen LogP) is 4.44. The minimum absolute atomic E-state index is 0.116. The van der Waals surface area contributed by atoms with Gasteiger partial charge in [0, 0.05) is 34.6 Å². The van der Waals surface area contributed by atoms with Gasteiger partial charge in [0.25, 0.3) is 11.6 Å². The van der Waals surface area contributed by atoms with Crippen LogP contribution in [0.1, 0.15) is 21.6 Å². The standard InChI is InChI=1S/C18H15N3O3S2/c1-12-11-25-18(20-12)26-16-8-7-14(21(23)24)9-15(16)17(22)19-10-13-5-3-2-4-6-13/h2-9,11H,10H2,1H3,(H,19,22). The first-order chi connectivity index (χ1) is 12.5. The Morgan fingerprint density at radius 3 is 2.69 bits per heavy atom. The minimum Gasteiger partial charge on any atom is -0.348 e. The maximum absolute atomic E-state index is 12.6. The second kappa shape index (κ2) is 8.11. The fourth-order valence-corrected chi connectivity index (χ4v) is 4.15. The quantitative estimate of drug-likeness (QED) is 0.501. The smallest absolute Gasteiger partial charge is 0.270 e. The number of benzene rings is 2. The van der Waals surface area contributed by atoms with Crippen molar-refractivity contribution in [1.82, 2.24) is 10.3 Å². The number of carbonyl (C=O) groups excluding carboxylic acids is 1. The Labute approximate surface area is 158 Å². The second-order valence-corrected chi connectivity index (χ2v) is 7.61. The molecule has 1 heterocycles. The topological polar surface area (TPSA) is 85.1 Å². The molecule has 3 rings (SSSR count). The van der Waals surface area contributed by atoms with Gasteiger partial charge >= 0.3 is 0 Å². The average Bonchev–Trinajstić information content (AvgIpc) is 3.05. The molecule has 0 spiro atoms. The van der Waals surface area contributed by atoms with Gasteiger partial charge in [-0.25, -0.2) is 4.98 Å². The summed E-state index contributed by atoms with van der Waals surface area (Å²) in [5.74, 6) is -0.353. The molecule has 1 aromatic heterocycles. The minimum atomic E-state index is -0.504. The maximum atomic E-state index is 12.6. The molecular formula is C18H15N3O3S2. The molecule has 26 heavy (non-hydrogen) atoms. The molecular weight excluding hydrogens is 370 g/mol. The second-order valence-electron chi connectivity index (χ2n) is 5.46. The molecule has 1 N–H and O–H groups in total. The highest BCUT2D eigenvalue weighted by atomic mass is 32.2. The highest BCUT2D eigenvalue weighted by Crippen LogP contribution is 2.34. The Kier molecular flexibility index (Phi) is 5.65. The molecule has 3 aromatic rings. The number of amides is 1. The van der Waals surface area contributed by atoms with E-state index in [-0.39, 0.29) is 17.2 Å². The van der Waals surface area contributed by atoms with E-state index >= 15 is 0 Å². The zero-order valence-electron chi connectivity index (χ0n) is 13.8. The van der Waals surface area contributed by atoms with Crippen molar-refractivity contribution in [3.8, 4) is 0 Å². The number of hydrogen-bond donors (Lipinski definition) is 1. The molecule has 0 saturated carbocycles. The highest BCUT2D eigenvalue weighted by Gasteiger charge is 2.18. The van der Waals surface area contributed by atoms with Gasteiger partial charge in [-0.3, -0.25) is 14.9 Å². The Bertz CT molecular complexity index is 942. The molecule has 0 atom stereocenters. The Balaban J connectivity index is 1.85. The van der Waals surface area contributed by atoms with E-state index in [0.717, 1.165) is 15.6 Å². The number of aryl methyl sites for hydroxylation is 1. The first-order valence-corrected chi connectivity index (χ1v) is 9.43. The normalized spacial score (nSPS) is 10.5. The largest absolute Gasteiger partial charge is 0.348 e. The number of nitro groups is 1. The number of nitro benzene ring substituents is 1. The first kappa shape index (κ1) is 18.1. The fraction of sp³-hybridized carbons (Fsp3) is 0.111. The van der Waals surface area contributed by atoms with Crippen LogP contribution < -0.4 is 5.32 Å². The zero-order chi connectivity index (χ0) is 18.5. The number of nitrogens with one attached hydrogen (secondary N) is 1. The third-order valence-corrected chi connectivity index (χ3v) is 5.64. The van der Waals surface area contributed by atoms with Crippen LogP contribution >= 0.6 is 23.1 Å². The molecule has 0 radical (unpaired) electrons. The van der Waals surface area contributed by atoms with Gasteiger partial charge in [-0.1, -0.05) is 42.1 Å². The summed E-state index contributed by atoms with van der Waals surface area (Å²) in [7, 11) is 0. The Morgan fingerprint density at radius 1 is 1.27 bits per heavy atom. The lowest BCUT2D eigenvalue weighted by molar-refractivity contribution is -0.384. The number of rotatable bonds is 6. The van der Waals surface area contributed by atoms with Crippen LogP contribution in [-0.4, -0.2) is 15.8 Å². The lowest BCUT2D eigenvalue weighted by Crippen LogP contribution is -2.23. The number of aromatic nitrogens is 1.